The lowest BCUT2D eigenvalue weighted by Gasteiger charge is -2.62. The lowest BCUT2D eigenvalue weighted by molar-refractivity contribution is -0.270. The smallest absolute Gasteiger partial charge is 0.310 e. The quantitative estimate of drug-likeness (QED) is 0.661. The van der Waals surface area contributed by atoms with Crippen molar-refractivity contribution in [3.63, 3.8) is 0 Å². The number of rotatable bonds is 5. The van der Waals surface area contributed by atoms with Crippen LogP contribution in [0.3, 0.4) is 0 Å². The van der Waals surface area contributed by atoms with Crippen LogP contribution in [-0.4, -0.2) is 80.2 Å². The Kier molecular flexibility index (Phi) is 6.10. The number of hydrogen-bond acceptors (Lipinski definition) is 7. The Hall–Kier alpha value is -1.83. The average Bonchev–Trinajstić information content (AvgIpc) is 3.12. The van der Waals surface area contributed by atoms with Gasteiger partial charge in [-0.3, -0.25) is 9.69 Å². The largest absolute Gasteiger partial charge is 0.495 e. The second-order valence-electron chi connectivity index (χ2n) is 11.3. The van der Waals surface area contributed by atoms with Crippen molar-refractivity contribution in [2.45, 2.75) is 63.3 Å². The van der Waals surface area contributed by atoms with E-state index in [0.29, 0.717) is 13.0 Å². The van der Waals surface area contributed by atoms with Gasteiger partial charge in [-0.05, 0) is 51.2 Å². The van der Waals surface area contributed by atoms with E-state index in [1.807, 2.05) is 18.2 Å². The number of carbonyl (C=O) groups excluding carboxylic acids is 1. The zero-order valence-electron chi connectivity index (χ0n) is 21.1. The molecule has 7 heteroatoms. The summed E-state index contributed by atoms with van der Waals surface area (Å²) < 4.78 is 17.4. The monoisotopic (exact) mass is 472 g/mol. The number of anilines is 1. The molecule has 1 aromatic rings. The number of para-hydroxylation sites is 2. The number of esters is 1. The molecule has 1 aromatic carbocycles. The van der Waals surface area contributed by atoms with Gasteiger partial charge in [0.15, 0.2) is 0 Å². The van der Waals surface area contributed by atoms with Crippen LogP contribution in [0.1, 0.15) is 46.0 Å². The summed E-state index contributed by atoms with van der Waals surface area (Å²) in [5.74, 6) is 0.641. The summed E-state index contributed by atoms with van der Waals surface area (Å²) in [5, 5.41) is 12.1. The summed E-state index contributed by atoms with van der Waals surface area (Å²) in [4.78, 5) is 17.8. The third-order valence-corrected chi connectivity index (χ3v) is 9.71. The molecule has 7 nitrogen and oxygen atoms in total. The molecule has 0 amide bonds. The highest BCUT2D eigenvalue weighted by molar-refractivity contribution is 5.75. The van der Waals surface area contributed by atoms with E-state index in [2.05, 4.69) is 29.7 Å². The van der Waals surface area contributed by atoms with Gasteiger partial charge in [-0.25, -0.2) is 0 Å². The Morgan fingerprint density at radius 1 is 1.09 bits per heavy atom. The van der Waals surface area contributed by atoms with Crippen LogP contribution in [0.2, 0.25) is 0 Å². The molecule has 4 fully saturated rings. The summed E-state index contributed by atoms with van der Waals surface area (Å²) in [6.07, 6.45) is 3.99. The molecule has 2 heterocycles. The van der Waals surface area contributed by atoms with E-state index in [1.54, 1.807) is 14.2 Å². The lowest BCUT2D eigenvalue weighted by atomic mass is 9.49. The van der Waals surface area contributed by atoms with Gasteiger partial charge in [-0.1, -0.05) is 19.1 Å². The number of ether oxygens (including phenoxy) is 3. The molecule has 0 bridgehead atoms. The predicted molar refractivity (Wildman–Crippen MR) is 130 cm³/mol. The highest BCUT2D eigenvalue weighted by Gasteiger charge is 2.67. The molecule has 4 aliphatic rings. The molecule has 34 heavy (non-hydrogen) atoms. The topological polar surface area (TPSA) is 71.5 Å². The maximum absolute atomic E-state index is 13.0. The number of hydrogen-bond donors (Lipinski definition) is 1. The molecule has 0 unspecified atom stereocenters. The summed E-state index contributed by atoms with van der Waals surface area (Å²) in [6.45, 7) is 8.45. The highest BCUT2D eigenvalue weighted by Crippen LogP contribution is 2.61. The molecule has 1 N–H and O–H groups in total. The minimum Gasteiger partial charge on any atom is -0.495 e. The minimum atomic E-state index is -0.955. The Balaban J connectivity index is 1.28. The fourth-order valence-electron chi connectivity index (χ4n) is 7.43. The van der Waals surface area contributed by atoms with Crippen molar-refractivity contribution in [1.82, 2.24) is 4.90 Å². The van der Waals surface area contributed by atoms with Gasteiger partial charge in [0.1, 0.15) is 11.9 Å². The second-order valence-corrected chi connectivity index (χ2v) is 11.3. The van der Waals surface area contributed by atoms with Gasteiger partial charge in [0.25, 0.3) is 0 Å². The summed E-state index contributed by atoms with van der Waals surface area (Å²) >= 11 is 0. The lowest BCUT2D eigenvalue weighted by Crippen LogP contribution is -2.69. The van der Waals surface area contributed by atoms with Gasteiger partial charge in [0, 0.05) is 51.2 Å². The minimum absolute atomic E-state index is 0.0328. The fourth-order valence-corrected chi connectivity index (χ4v) is 7.43. The Labute approximate surface area is 203 Å². The Bertz CT molecular complexity index is 918. The predicted octanol–water partition coefficient (Wildman–Crippen LogP) is 3.10. The van der Waals surface area contributed by atoms with Crippen molar-refractivity contribution in [2.24, 2.45) is 17.3 Å². The van der Waals surface area contributed by atoms with Crippen molar-refractivity contribution in [2.75, 3.05) is 51.8 Å². The zero-order valence-corrected chi connectivity index (χ0v) is 21.1. The van der Waals surface area contributed by atoms with Crippen molar-refractivity contribution in [3.8, 4) is 5.75 Å². The van der Waals surface area contributed by atoms with Gasteiger partial charge in [0.2, 0.25) is 0 Å². The molecule has 188 valence electrons. The van der Waals surface area contributed by atoms with E-state index in [4.69, 9.17) is 14.2 Å². The molecule has 0 aromatic heterocycles. The van der Waals surface area contributed by atoms with E-state index in [0.717, 1.165) is 63.3 Å². The van der Waals surface area contributed by atoms with Crippen LogP contribution in [-0.2, 0) is 14.3 Å². The molecule has 2 aliphatic heterocycles. The SMILES string of the molecule is COc1ccccc1N1CCN(C[C@H]2C(=O)O[C@@H]3C[C@@]4(C)CCC[C@@](C)(OC)[C@]4(O)C[C@@H]32)CC1. The van der Waals surface area contributed by atoms with Gasteiger partial charge >= 0.3 is 5.97 Å². The van der Waals surface area contributed by atoms with Crippen LogP contribution in [0.15, 0.2) is 24.3 Å². The van der Waals surface area contributed by atoms with Crippen molar-refractivity contribution in [3.05, 3.63) is 24.3 Å². The number of methoxy groups -OCH3 is 2. The summed E-state index contributed by atoms with van der Waals surface area (Å²) in [5.41, 5.74) is -0.730. The van der Waals surface area contributed by atoms with Gasteiger partial charge in [0.05, 0.1) is 29.9 Å². The second kappa shape index (κ2) is 8.68. The van der Waals surface area contributed by atoms with Crippen molar-refractivity contribution < 1.29 is 24.1 Å². The maximum atomic E-state index is 13.0. The molecule has 2 saturated heterocycles. The molecular weight excluding hydrogens is 432 g/mol. The molecule has 0 spiro atoms. The number of carbonyl (C=O) groups is 1. The molecule has 6 atom stereocenters. The van der Waals surface area contributed by atoms with Crippen LogP contribution in [0, 0.1) is 17.3 Å². The first kappa shape index (κ1) is 23.9. The number of piperazine rings is 1. The summed E-state index contributed by atoms with van der Waals surface area (Å²) in [7, 11) is 3.42. The number of aliphatic hydroxyl groups is 1. The van der Waals surface area contributed by atoms with Crippen molar-refractivity contribution >= 4 is 11.7 Å². The van der Waals surface area contributed by atoms with Gasteiger partial charge < -0.3 is 24.2 Å². The highest BCUT2D eigenvalue weighted by atomic mass is 16.6. The maximum Gasteiger partial charge on any atom is 0.310 e. The number of fused-ring (bicyclic) bond motifs is 2. The standard InChI is InChI=1S/C27H40N2O5/c1-25-10-7-11-26(2,33-4)27(25,31)16-19-20(24(30)34-23(19)17-25)18-28-12-14-29(15-13-28)21-8-5-6-9-22(21)32-3/h5-6,8-9,19-20,23,31H,7,10-18H2,1-4H3/t19-,20-,23-,25-,26-,27+/m1/s1. The molecule has 0 radical (unpaired) electrons. The Morgan fingerprint density at radius 3 is 2.53 bits per heavy atom. The van der Waals surface area contributed by atoms with Crippen LogP contribution in [0.5, 0.6) is 5.75 Å². The molecule has 2 aliphatic carbocycles. The van der Waals surface area contributed by atoms with E-state index < -0.39 is 11.2 Å². The van der Waals surface area contributed by atoms with Gasteiger partial charge in [-0.2, -0.15) is 0 Å². The fraction of sp³-hybridized carbons (Fsp3) is 0.741. The van der Waals surface area contributed by atoms with Crippen LogP contribution < -0.4 is 9.64 Å². The first-order chi connectivity index (χ1) is 16.2. The molecule has 2 saturated carbocycles. The van der Waals surface area contributed by atoms with E-state index >= 15 is 0 Å². The van der Waals surface area contributed by atoms with E-state index in [1.165, 1.54) is 0 Å². The third-order valence-electron chi connectivity index (χ3n) is 9.71. The van der Waals surface area contributed by atoms with Gasteiger partial charge in [-0.15, -0.1) is 0 Å². The average molecular weight is 473 g/mol. The normalized spacial score (nSPS) is 40.4. The first-order valence-corrected chi connectivity index (χ1v) is 12.8. The van der Waals surface area contributed by atoms with Crippen LogP contribution in [0.25, 0.3) is 0 Å². The Morgan fingerprint density at radius 2 is 1.82 bits per heavy atom. The van der Waals surface area contributed by atoms with Crippen LogP contribution >= 0.6 is 0 Å². The summed E-state index contributed by atoms with van der Waals surface area (Å²) in [6, 6.07) is 8.13. The number of benzene rings is 1. The third kappa shape index (κ3) is 3.62. The van der Waals surface area contributed by atoms with Crippen molar-refractivity contribution in [1.29, 1.82) is 0 Å². The molecular formula is C27H40N2O5. The first-order valence-electron chi connectivity index (χ1n) is 12.8. The number of nitrogens with zero attached hydrogens (tertiary/aromatic N) is 2. The zero-order chi connectivity index (χ0) is 24.1. The molecule has 5 rings (SSSR count). The van der Waals surface area contributed by atoms with E-state index in [9.17, 15) is 9.90 Å². The van der Waals surface area contributed by atoms with Crippen LogP contribution in [0.4, 0.5) is 5.69 Å². The van der Waals surface area contributed by atoms with E-state index in [-0.39, 0.29) is 29.3 Å².